The molecular formula is C18H35N. The van der Waals surface area contributed by atoms with E-state index >= 15 is 0 Å². The van der Waals surface area contributed by atoms with Gasteiger partial charge < -0.3 is 5.73 Å². The minimum Gasteiger partial charge on any atom is -0.327 e. The van der Waals surface area contributed by atoms with Crippen LogP contribution in [0.15, 0.2) is 11.6 Å². The average molecular weight is 265 g/mol. The fourth-order valence-corrected chi connectivity index (χ4v) is 3.07. The molecule has 1 atom stereocenters. The Morgan fingerprint density at radius 3 is 2.32 bits per heavy atom. The summed E-state index contributed by atoms with van der Waals surface area (Å²) in [7, 11) is 0. The van der Waals surface area contributed by atoms with Crippen LogP contribution in [0.1, 0.15) is 96.8 Å². The number of allylic oxidation sites excluding steroid dienone is 1. The maximum Gasteiger partial charge on any atom is 0.00760 e. The van der Waals surface area contributed by atoms with Gasteiger partial charge in [-0.1, -0.05) is 69.9 Å². The van der Waals surface area contributed by atoms with Gasteiger partial charge in [0.05, 0.1) is 0 Å². The highest BCUT2D eigenvalue weighted by Gasteiger charge is 2.08. The largest absolute Gasteiger partial charge is 0.327 e. The van der Waals surface area contributed by atoms with Crippen molar-refractivity contribution in [3.05, 3.63) is 11.6 Å². The number of unbranched alkanes of at least 4 members (excludes halogenated alkanes) is 7. The Morgan fingerprint density at radius 2 is 1.68 bits per heavy atom. The third-order valence-corrected chi connectivity index (χ3v) is 4.34. The zero-order valence-electron chi connectivity index (χ0n) is 13.1. The normalized spacial score (nSPS) is 17.3. The summed E-state index contributed by atoms with van der Waals surface area (Å²) < 4.78 is 0. The summed E-state index contributed by atoms with van der Waals surface area (Å²) in [5.41, 5.74) is 7.88. The lowest BCUT2D eigenvalue weighted by Gasteiger charge is -2.17. The van der Waals surface area contributed by atoms with E-state index in [1.807, 2.05) is 0 Å². The lowest BCUT2D eigenvalue weighted by Crippen LogP contribution is -2.20. The number of nitrogens with two attached hydrogens (primary N) is 1. The number of hydrogen-bond donors (Lipinski definition) is 1. The van der Waals surface area contributed by atoms with Crippen molar-refractivity contribution in [3.8, 4) is 0 Å². The summed E-state index contributed by atoms with van der Waals surface area (Å²) in [6, 6.07) is 0.421. The third kappa shape index (κ3) is 9.27. The Bertz CT molecular complexity index is 232. The summed E-state index contributed by atoms with van der Waals surface area (Å²) in [6.07, 6.45) is 21.4. The van der Waals surface area contributed by atoms with Gasteiger partial charge in [-0.05, 0) is 38.5 Å². The standard InChI is InChI=1S/C18H35N/c1-2-3-4-5-6-7-8-12-15-18(19)16-17-13-10-9-11-14-17/h13,18H,2-12,14-16,19H2,1H3. The maximum absolute atomic E-state index is 6.24. The quantitative estimate of drug-likeness (QED) is 0.374. The van der Waals surface area contributed by atoms with Crippen LogP contribution in [0.3, 0.4) is 0 Å². The second-order valence-corrected chi connectivity index (χ2v) is 6.34. The summed E-state index contributed by atoms with van der Waals surface area (Å²) in [4.78, 5) is 0. The first-order valence-electron chi connectivity index (χ1n) is 8.76. The van der Waals surface area contributed by atoms with Gasteiger partial charge in [0.1, 0.15) is 0 Å². The zero-order chi connectivity index (χ0) is 13.8. The van der Waals surface area contributed by atoms with E-state index in [9.17, 15) is 0 Å². The van der Waals surface area contributed by atoms with Gasteiger partial charge in [0, 0.05) is 6.04 Å². The summed E-state index contributed by atoms with van der Waals surface area (Å²) >= 11 is 0. The highest BCUT2D eigenvalue weighted by Crippen LogP contribution is 2.22. The fourth-order valence-electron chi connectivity index (χ4n) is 3.07. The Morgan fingerprint density at radius 1 is 1.00 bits per heavy atom. The lowest BCUT2D eigenvalue weighted by molar-refractivity contribution is 0.515. The van der Waals surface area contributed by atoms with Crippen molar-refractivity contribution >= 4 is 0 Å². The molecule has 0 aromatic heterocycles. The van der Waals surface area contributed by atoms with Crippen LogP contribution in [0.25, 0.3) is 0 Å². The molecule has 19 heavy (non-hydrogen) atoms. The first kappa shape index (κ1) is 16.8. The van der Waals surface area contributed by atoms with Crippen LogP contribution in [-0.4, -0.2) is 6.04 Å². The van der Waals surface area contributed by atoms with Gasteiger partial charge in [0.2, 0.25) is 0 Å². The van der Waals surface area contributed by atoms with Crippen molar-refractivity contribution in [2.45, 2.75) is 103 Å². The van der Waals surface area contributed by atoms with Gasteiger partial charge in [-0.3, -0.25) is 0 Å². The van der Waals surface area contributed by atoms with Crippen LogP contribution in [0.5, 0.6) is 0 Å². The second kappa shape index (κ2) is 11.5. The Labute approximate surface area is 121 Å². The molecule has 1 unspecified atom stereocenters. The van der Waals surface area contributed by atoms with E-state index in [4.69, 9.17) is 5.73 Å². The smallest absolute Gasteiger partial charge is 0.00760 e. The van der Waals surface area contributed by atoms with Gasteiger partial charge in [-0.25, -0.2) is 0 Å². The first-order valence-corrected chi connectivity index (χ1v) is 8.76. The van der Waals surface area contributed by atoms with Gasteiger partial charge in [-0.2, -0.15) is 0 Å². The van der Waals surface area contributed by atoms with Gasteiger partial charge in [0.15, 0.2) is 0 Å². The second-order valence-electron chi connectivity index (χ2n) is 6.34. The first-order chi connectivity index (χ1) is 9.33. The minimum atomic E-state index is 0.421. The molecule has 1 nitrogen and oxygen atoms in total. The number of hydrogen-bond acceptors (Lipinski definition) is 1. The monoisotopic (exact) mass is 265 g/mol. The fraction of sp³-hybridized carbons (Fsp3) is 0.889. The SMILES string of the molecule is CCCCCCCCCCC(N)CC1=CCCCC1. The lowest BCUT2D eigenvalue weighted by atomic mass is 9.92. The van der Waals surface area contributed by atoms with E-state index in [1.165, 1.54) is 83.5 Å². The predicted molar refractivity (Wildman–Crippen MR) is 86.4 cm³/mol. The van der Waals surface area contributed by atoms with E-state index in [0.29, 0.717) is 6.04 Å². The molecule has 1 aliphatic carbocycles. The molecule has 0 aromatic rings. The molecule has 0 fully saturated rings. The highest BCUT2D eigenvalue weighted by atomic mass is 14.6. The van der Waals surface area contributed by atoms with E-state index in [2.05, 4.69) is 13.0 Å². The van der Waals surface area contributed by atoms with Crippen molar-refractivity contribution in [2.24, 2.45) is 5.73 Å². The number of rotatable bonds is 11. The van der Waals surface area contributed by atoms with Crippen LogP contribution < -0.4 is 5.73 Å². The van der Waals surface area contributed by atoms with Gasteiger partial charge in [0.25, 0.3) is 0 Å². The van der Waals surface area contributed by atoms with Crippen LogP contribution in [0.2, 0.25) is 0 Å². The molecule has 0 saturated carbocycles. The molecule has 0 heterocycles. The molecule has 0 saturated heterocycles. The predicted octanol–water partition coefficient (Wildman–Crippen LogP) is 5.74. The van der Waals surface area contributed by atoms with E-state index < -0.39 is 0 Å². The van der Waals surface area contributed by atoms with Crippen molar-refractivity contribution < 1.29 is 0 Å². The van der Waals surface area contributed by atoms with E-state index in [0.717, 1.165) is 6.42 Å². The Hall–Kier alpha value is -0.300. The van der Waals surface area contributed by atoms with E-state index in [1.54, 1.807) is 5.57 Å². The van der Waals surface area contributed by atoms with Crippen LogP contribution >= 0.6 is 0 Å². The van der Waals surface area contributed by atoms with E-state index in [-0.39, 0.29) is 0 Å². The van der Waals surface area contributed by atoms with Crippen molar-refractivity contribution in [1.82, 2.24) is 0 Å². The van der Waals surface area contributed by atoms with Gasteiger partial charge in [-0.15, -0.1) is 0 Å². The summed E-state index contributed by atoms with van der Waals surface area (Å²) in [5.74, 6) is 0. The minimum absolute atomic E-state index is 0.421. The molecule has 0 spiro atoms. The molecule has 2 N–H and O–H groups in total. The molecule has 1 heteroatoms. The van der Waals surface area contributed by atoms with Crippen molar-refractivity contribution in [2.75, 3.05) is 0 Å². The highest BCUT2D eigenvalue weighted by molar-refractivity contribution is 5.06. The topological polar surface area (TPSA) is 26.0 Å². The molecule has 0 amide bonds. The molecule has 0 bridgehead atoms. The summed E-state index contributed by atoms with van der Waals surface area (Å²) in [5, 5.41) is 0. The molecule has 0 aliphatic heterocycles. The Balaban J connectivity index is 1.89. The van der Waals surface area contributed by atoms with Crippen LogP contribution in [0.4, 0.5) is 0 Å². The molecule has 1 rings (SSSR count). The Kier molecular flexibility index (Phi) is 10.2. The molecular weight excluding hydrogens is 230 g/mol. The molecule has 112 valence electrons. The van der Waals surface area contributed by atoms with Crippen molar-refractivity contribution in [1.29, 1.82) is 0 Å². The molecule has 0 aromatic carbocycles. The average Bonchev–Trinajstić information content (AvgIpc) is 2.43. The van der Waals surface area contributed by atoms with Crippen LogP contribution in [-0.2, 0) is 0 Å². The van der Waals surface area contributed by atoms with Crippen molar-refractivity contribution in [3.63, 3.8) is 0 Å². The van der Waals surface area contributed by atoms with Crippen LogP contribution in [0, 0.1) is 0 Å². The third-order valence-electron chi connectivity index (χ3n) is 4.34. The summed E-state index contributed by atoms with van der Waals surface area (Å²) in [6.45, 7) is 2.28. The maximum atomic E-state index is 6.24. The van der Waals surface area contributed by atoms with Gasteiger partial charge >= 0.3 is 0 Å². The molecule has 0 radical (unpaired) electrons. The molecule has 1 aliphatic rings. The zero-order valence-corrected chi connectivity index (χ0v) is 13.1.